The summed E-state index contributed by atoms with van der Waals surface area (Å²) in [5.41, 5.74) is 0.484. The third-order valence-electron chi connectivity index (χ3n) is 14.1. The summed E-state index contributed by atoms with van der Waals surface area (Å²) in [6, 6.07) is 10.0. The van der Waals surface area contributed by atoms with Gasteiger partial charge in [-0.1, -0.05) is 97.4 Å². The van der Waals surface area contributed by atoms with Crippen molar-refractivity contribution in [3.05, 3.63) is 47.5 Å². The molecular weight excluding hydrogens is 588 g/mol. The summed E-state index contributed by atoms with van der Waals surface area (Å²) in [6.45, 7) is 21.3. The lowest BCUT2D eigenvalue weighted by Crippen LogP contribution is -2.64. The lowest BCUT2D eigenvalue weighted by atomic mass is 9.35. The van der Waals surface area contributed by atoms with Gasteiger partial charge in [0.2, 0.25) is 0 Å². The molecule has 0 aliphatic heterocycles. The lowest BCUT2D eigenvalue weighted by molar-refractivity contribution is -0.202. The molecule has 0 saturated heterocycles. The van der Waals surface area contributed by atoms with Crippen molar-refractivity contribution in [1.29, 1.82) is 0 Å². The number of aldehydes is 1. The second-order valence-corrected chi connectivity index (χ2v) is 17.1. The van der Waals surface area contributed by atoms with Crippen LogP contribution in [-0.4, -0.2) is 49.9 Å². The van der Waals surface area contributed by atoms with Crippen molar-refractivity contribution in [2.75, 3.05) is 26.9 Å². The zero-order valence-corrected chi connectivity index (χ0v) is 31.1. The number of aliphatic hydroxyl groups excluding tert-OH is 1. The molecule has 6 heteroatoms. The van der Waals surface area contributed by atoms with E-state index in [1.807, 2.05) is 37.3 Å². The van der Waals surface area contributed by atoms with Gasteiger partial charge in [0, 0.05) is 12.5 Å². The molecule has 0 aromatic heterocycles. The molecule has 6 nitrogen and oxygen atoms in total. The van der Waals surface area contributed by atoms with Crippen molar-refractivity contribution < 1.29 is 28.9 Å². The number of benzene rings is 1. The van der Waals surface area contributed by atoms with Crippen LogP contribution in [0, 0.1) is 57.2 Å². The van der Waals surface area contributed by atoms with Gasteiger partial charge in [0.15, 0.2) is 0 Å². The zero-order chi connectivity index (χ0) is 34.8. The second kappa shape index (κ2) is 14.5. The van der Waals surface area contributed by atoms with Crippen molar-refractivity contribution >= 4 is 12.3 Å². The van der Waals surface area contributed by atoms with Crippen LogP contribution in [0.15, 0.2) is 42.0 Å². The monoisotopic (exact) mass is 652 g/mol. The van der Waals surface area contributed by atoms with E-state index < -0.39 is 11.0 Å². The number of esters is 1. The van der Waals surface area contributed by atoms with Crippen LogP contribution in [-0.2, 0) is 30.4 Å². The Labute approximate surface area is 285 Å². The fourth-order valence-electron chi connectivity index (χ4n) is 10.8. The van der Waals surface area contributed by atoms with E-state index in [0.717, 1.165) is 44.0 Å². The molecule has 264 valence electrons. The fourth-order valence-corrected chi connectivity index (χ4v) is 10.8. The minimum absolute atomic E-state index is 0.0236. The minimum Gasteiger partial charge on any atom is -0.461 e. The summed E-state index contributed by atoms with van der Waals surface area (Å²) in [4.78, 5) is 25.7. The largest absolute Gasteiger partial charge is 0.461 e. The summed E-state index contributed by atoms with van der Waals surface area (Å²) in [5, 5.41) is 11.5. The molecule has 47 heavy (non-hydrogen) atoms. The van der Waals surface area contributed by atoms with E-state index in [1.54, 1.807) is 7.11 Å². The van der Waals surface area contributed by atoms with E-state index in [1.165, 1.54) is 5.57 Å². The highest BCUT2D eigenvalue weighted by molar-refractivity contribution is 5.75. The van der Waals surface area contributed by atoms with Crippen LogP contribution in [0.2, 0.25) is 0 Å². The minimum atomic E-state index is -0.676. The van der Waals surface area contributed by atoms with Gasteiger partial charge in [0.1, 0.15) is 19.5 Å². The smallest absolute Gasteiger partial charge is 0.310 e. The molecule has 4 rings (SSSR count). The Morgan fingerprint density at radius 3 is 2.30 bits per heavy atom. The number of ether oxygens (including phenoxy) is 3. The number of aliphatic hydroxyl groups is 1. The molecule has 0 bridgehead atoms. The highest BCUT2D eigenvalue weighted by Crippen LogP contribution is 2.73. The highest BCUT2D eigenvalue weighted by Gasteiger charge is 2.68. The summed E-state index contributed by atoms with van der Waals surface area (Å²) in [7, 11) is 1.71. The van der Waals surface area contributed by atoms with Gasteiger partial charge in [-0.25, -0.2) is 0 Å². The van der Waals surface area contributed by atoms with E-state index in [-0.39, 0.29) is 66.4 Å². The molecule has 0 amide bonds. The summed E-state index contributed by atoms with van der Waals surface area (Å²) in [5.74, 6) is 1.30. The maximum absolute atomic E-state index is 14.6. The first-order valence-electron chi connectivity index (χ1n) is 18.2. The SMILES string of the molecule is COC(C)(COCC=O)C[C@]1(CO)C2=CC[C@@]3(C)[C@H](C(=O)OCc4ccccc4)[C@@](C)([C@H](C)C(C)C)CC[C@]3(C)[C@H]2CC[C@H]1C(C)C. The maximum Gasteiger partial charge on any atom is 0.310 e. The molecule has 0 radical (unpaired) electrons. The first kappa shape index (κ1) is 37.8. The van der Waals surface area contributed by atoms with Gasteiger partial charge >= 0.3 is 5.97 Å². The van der Waals surface area contributed by atoms with Gasteiger partial charge in [-0.3, -0.25) is 4.79 Å². The third kappa shape index (κ3) is 6.65. The van der Waals surface area contributed by atoms with Gasteiger partial charge in [-0.2, -0.15) is 0 Å². The van der Waals surface area contributed by atoms with E-state index >= 15 is 0 Å². The van der Waals surface area contributed by atoms with Crippen LogP contribution in [0.3, 0.4) is 0 Å². The van der Waals surface area contributed by atoms with Crippen molar-refractivity contribution in [2.45, 2.75) is 113 Å². The Balaban J connectivity index is 1.82. The van der Waals surface area contributed by atoms with Crippen LogP contribution in [0.25, 0.3) is 0 Å². The van der Waals surface area contributed by atoms with Crippen molar-refractivity contribution in [2.24, 2.45) is 57.2 Å². The zero-order valence-electron chi connectivity index (χ0n) is 31.1. The molecule has 3 aliphatic rings. The predicted octanol–water partition coefficient (Wildman–Crippen LogP) is 8.45. The number of hydrogen-bond acceptors (Lipinski definition) is 6. The van der Waals surface area contributed by atoms with Gasteiger partial charge in [0.25, 0.3) is 0 Å². The molecule has 1 aromatic carbocycles. The Bertz CT molecular complexity index is 1260. The number of rotatable bonds is 14. The van der Waals surface area contributed by atoms with Crippen LogP contribution < -0.4 is 0 Å². The summed E-state index contributed by atoms with van der Waals surface area (Å²) in [6.07, 6.45) is 8.60. The average Bonchev–Trinajstić information content (AvgIpc) is 3.04. The quantitative estimate of drug-likeness (QED) is 0.0940. The molecule has 1 unspecified atom stereocenters. The van der Waals surface area contributed by atoms with Crippen molar-refractivity contribution in [3.8, 4) is 0 Å². The van der Waals surface area contributed by atoms with E-state index in [4.69, 9.17) is 14.2 Å². The summed E-state index contributed by atoms with van der Waals surface area (Å²) < 4.78 is 18.1. The highest BCUT2D eigenvalue weighted by atomic mass is 16.5. The molecule has 2 fully saturated rings. The fraction of sp³-hybridized carbons (Fsp3) is 0.756. The molecular formula is C41H64O6. The third-order valence-corrected chi connectivity index (χ3v) is 14.1. The van der Waals surface area contributed by atoms with Crippen molar-refractivity contribution in [1.82, 2.24) is 0 Å². The molecule has 0 spiro atoms. The van der Waals surface area contributed by atoms with Crippen molar-refractivity contribution in [3.63, 3.8) is 0 Å². The normalized spacial score (nSPS) is 35.8. The Kier molecular flexibility index (Phi) is 11.6. The Morgan fingerprint density at radius 2 is 1.72 bits per heavy atom. The molecule has 2 saturated carbocycles. The first-order valence-corrected chi connectivity index (χ1v) is 18.2. The Hall–Kier alpha value is -2.02. The maximum atomic E-state index is 14.6. The lowest BCUT2D eigenvalue weighted by Gasteiger charge is -2.68. The molecule has 0 heterocycles. The van der Waals surface area contributed by atoms with Gasteiger partial charge in [0.05, 0.1) is 24.7 Å². The molecule has 1 N–H and O–H groups in total. The molecule has 9 atom stereocenters. The number of hydrogen-bond donors (Lipinski definition) is 1. The number of fused-ring (bicyclic) bond motifs is 3. The van der Waals surface area contributed by atoms with Crippen LogP contribution >= 0.6 is 0 Å². The first-order chi connectivity index (χ1) is 22.1. The van der Waals surface area contributed by atoms with E-state index in [0.29, 0.717) is 24.2 Å². The second-order valence-electron chi connectivity index (χ2n) is 17.1. The molecule has 3 aliphatic carbocycles. The van der Waals surface area contributed by atoms with E-state index in [9.17, 15) is 14.7 Å². The number of methoxy groups -OCH3 is 1. The van der Waals surface area contributed by atoms with Gasteiger partial charge in [-0.15, -0.1) is 0 Å². The van der Waals surface area contributed by atoms with Crippen LogP contribution in [0.1, 0.15) is 106 Å². The van der Waals surface area contributed by atoms with Crippen LogP contribution in [0.5, 0.6) is 0 Å². The summed E-state index contributed by atoms with van der Waals surface area (Å²) >= 11 is 0. The topological polar surface area (TPSA) is 82.1 Å². The number of allylic oxidation sites excluding steroid dienone is 1. The standard InChI is InChI=1S/C41H64O6/c1-28(2)30(5)38(7)20-21-39(8)33-17-16-32(29(3)4)41(26-43,25-37(6,45-10)27-46-23-22-42)34(33)18-19-40(39,9)35(38)36(44)47-24-31-14-12-11-13-15-31/h11-15,18,22,28-30,32-33,35,43H,16-17,19-21,23-27H2,1-10H3/t30-,32+,33+,35-,37?,38-,39-,40+,41-/m1/s1. The number of carbonyl (C=O) groups is 2. The number of carbonyl (C=O) groups excluding carboxylic acids is 2. The van der Waals surface area contributed by atoms with Crippen LogP contribution in [0.4, 0.5) is 0 Å². The van der Waals surface area contributed by atoms with Gasteiger partial charge in [-0.05, 0) is 96.8 Å². The van der Waals surface area contributed by atoms with Gasteiger partial charge < -0.3 is 24.1 Å². The predicted molar refractivity (Wildman–Crippen MR) is 187 cm³/mol. The van der Waals surface area contributed by atoms with E-state index in [2.05, 4.69) is 61.5 Å². The Morgan fingerprint density at radius 1 is 1.04 bits per heavy atom. The molecule has 1 aromatic rings. The average molecular weight is 653 g/mol.